The number of carboxylic acids is 1. The molecule has 1 N–H and O–H groups in total. The number of ether oxygens (including phenoxy) is 1. The second-order valence-electron chi connectivity index (χ2n) is 4.10. The molecule has 2 rings (SSSR count). The standard InChI is InChI=1S/C15H12ClFO3S/c16-13-9-12(5-6-14(13)17)21-8-7-20-11-3-1-10(2-4-11)15(18)19/h1-6,9H,7-8H2,(H,18,19). The molecule has 3 nitrogen and oxygen atoms in total. The van der Waals surface area contributed by atoms with Gasteiger partial charge in [0.05, 0.1) is 17.2 Å². The van der Waals surface area contributed by atoms with Gasteiger partial charge in [-0.3, -0.25) is 0 Å². The van der Waals surface area contributed by atoms with Crippen molar-refractivity contribution in [3.05, 3.63) is 58.9 Å². The predicted octanol–water partition coefficient (Wildman–Crippen LogP) is 4.35. The molecule has 0 heterocycles. The third kappa shape index (κ3) is 4.65. The highest BCUT2D eigenvalue weighted by molar-refractivity contribution is 7.99. The van der Waals surface area contributed by atoms with Crippen molar-refractivity contribution in [2.24, 2.45) is 0 Å². The first-order chi connectivity index (χ1) is 10.1. The Labute approximate surface area is 130 Å². The topological polar surface area (TPSA) is 46.5 Å². The summed E-state index contributed by atoms with van der Waals surface area (Å²) in [5, 5.41) is 8.88. The van der Waals surface area contributed by atoms with Crippen molar-refractivity contribution in [1.82, 2.24) is 0 Å². The van der Waals surface area contributed by atoms with Crippen molar-refractivity contribution in [2.75, 3.05) is 12.4 Å². The van der Waals surface area contributed by atoms with E-state index in [0.717, 1.165) is 4.90 Å². The van der Waals surface area contributed by atoms with Gasteiger partial charge in [0.25, 0.3) is 0 Å². The van der Waals surface area contributed by atoms with Gasteiger partial charge in [0.15, 0.2) is 0 Å². The molecule has 0 unspecified atom stereocenters. The van der Waals surface area contributed by atoms with Crippen LogP contribution in [0.2, 0.25) is 5.02 Å². The van der Waals surface area contributed by atoms with Gasteiger partial charge in [0.1, 0.15) is 11.6 Å². The van der Waals surface area contributed by atoms with Crippen LogP contribution in [0.4, 0.5) is 4.39 Å². The zero-order valence-corrected chi connectivity index (χ0v) is 12.5. The average molecular weight is 327 g/mol. The number of benzene rings is 2. The Balaban J connectivity index is 1.79. The monoisotopic (exact) mass is 326 g/mol. The first-order valence-corrected chi connectivity index (χ1v) is 7.46. The molecule has 2 aromatic carbocycles. The lowest BCUT2D eigenvalue weighted by Crippen LogP contribution is -2.01. The minimum atomic E-state index is -0.967. The molecule has 21 heavy (non-hydrogen) atoms. The number of halogens is 2. The molecule has 6 heteroatoms. The second-order valence-corrected chi connectivity index (χ2v) is 5.68. The smallest absolute Gasteiger partial charge is 0.335 e. The second kappa shape index (κ2) is 7.33. The summed E-state index contributed by atoms with van der Waals surface area (Å²) in [6.45, 7) is 0.450. The fraction of sp³-hybridized carbons (Fsp3) is 0.133. The van der Waals surface area contributed by atoms with Crippen LogP contribution in [-0.4, -0.2) is 23.4 Å². The summed E-state index contributed by atoms with van der Waals surface area (Å²) in [5.41, 5.74) is 0.220. The van der Waals surface area contributed by atoms with Gasteiger partial charge in [0, 0.05) is 10.6 Å². The number of aromatic carboxylic acids is 1. The maximum Gasteiger partial charge on any atom is 0.335 e. The molecule has 0 saturated carbocycles. The lowest BCUT2D eigenvalue weighted by molar-refractivity contribution is 0.0697. The molecular formula is C15H12ClFO3S. The SMILES string of the molecule is O=C(O)c1ccc(OCCSc2ccc(F)c(Cl)c2)cc1. The Hall–Kier alpha value is -1.72. The van der Waals surface area contributed by atoms with E-state index >= 15 is 0 Å². The van der Waals surface area contributed by atoms with Crippen LogP contribution >= 0.6 is 23.4 Å². The van der Waals surface area contributed by atoms with E-state index in [1.165, 1.54) is 30.0 Å². The fourth-order valence-corrected chi connectivity index (χ4v) is 2.59. The molecule has 0 fully saturated rings. The van der Waals surface area contributed by atoms with Crippen molar-refractivity contribution < 1.29 is 19.0 Å². The average Bonchev–Trinajstić information content (AvgIpc) is 2.47. The number of hydrogen-bond donors (Lipinski definition) is 1. The summed E-state index contributed by atoms with van der Waals surface area (Å²) in [5.74, 6) is -0.123. The number of carboxylic acid groups (broad SMARTS) is 1. The van der Waals surface area contributed by atoms with Crippen molar-refractivity contribution in [3.8, 4) is 5.75 Å². The van der Waals surface area contributed by atoms with Gasteiger partial charge in [-0.05, 0) is 42.5 Å². The molecule has 0 bridgehead atoms. The van der Waals surface area contributed by atoms with E-state index in [9.17, 15) is 9.18 Å². The summed E-state index contributed by atoms with van der Waals surface area (Å²) < 4.78 is 18.5. The minimum absolute atomic E-state index is 0.102. The number of thioether (sulfide) groups is 1. The Morgan fingerprint density at radius 2 is 1.95 bits per heavy atom. The van der Waals surface area contributed by atoms with Gasteiger partial charge in [0.2, 0.25) is 0 Å². The van der Waals surface area contributed by atoms with Crippen LogP contribution < -0.4 is 4.74 Å². The van der Waals surface area contributed by atoms with E-state index in [4.69, 9.17) is 21.4 Å². The molecule has 0 aliphatic carbocycles. The molecule has 0 aromatic heterocycles. The zero-order chi connectivity index (χ0) is 15.2. The third-order valence-electron chi connectivity index (χ3n) is 2.61. The third-order valence-corrected chi connectivity index (χ3v) is 3.86. The van der Waals surface area contributed by atoms with Gasteiger partial charge in [-0.1, -0.05) is 11.6 Å². The molecule has 0 spiro atoms. The van der Waals surface area contributed by atoms with Crippen molar-refractivity contribution >= 4 is 29.3 Å². The molecule has 0 amide bonds. The van der Waals surface area contributed by atoms with Gasteiger partial charge < -0.3 is 9.84 Å². The van der Waals surface area contributed by atoms with Crippen LogP contribution in [-0.2, 0) is 0 Å². The highest BCUT2D eigenvalue weighted by Gasteiger charge is 2.03. The van der Waals surface area contributed by atoms with Crippen molar-refractivity contribution in [2.45, 2.75) is 4.90 Å². The fourth-order valence-electron chi connectivity index (χ4n) is 1.58. The van der Waals surface area contributed by atoms with Crippen LogP contribution in [0.1, 0.15) is 10.4 Å². The van der Waals surface area contributed by atoms with Crippen LogP contribution in [0.15, 0.2) is 47.4 Å². The molecule has 110 valence electrons. The summed E-state index contributed by atoms with van der Waals surface area (Å²) in [6.07, 6.45) is 0. The van der Waals surface area contributed by atoms with Crippen molar-refractivity contribution in [3.63, 3.8) is 0 Å². The number of carbonyl (C=O) groups is 1. The van der Waals surface area contributed by atoms with Crippen LogP contribution in [0.3, 0.4) is 0 Å². The predicted molar refractivity (Wildman–Crippen MR) is 81.0 cm³/mol. The minimum Gasteiger partial charge on any atom is -0.493 e. The quantitative estimate of drug-likeness (QED) is 0.633. The Kier molecular flexibility index (Phi) is 5.47. The van der Waals surface area contributed by atoms with E-state index in [1.807, 2.05) is 0 Å². The van der Waals surface area contributed by atoms with Crippen LogP contribution in [0.5, 0.6) is 5.75 Å². The molecular weight excluding hydrogens is 315 g/mol. The maximum atomic E-state index is 13.0. The Morgan fingerprint density at radius 1 is 1.24 bits per heavy atom. The Morgan fingerprint density at radius 3 is 2.57 bits per heavy atom. The van der Waals surface area contributed by atoms with E-state index < -0.39 is 11.8 Å². The molecule has 0 aliphatic rings. The summed E-state index contributed by atoms with van der Waals surface area (Å²) in [6, 6.07) is 10.8. The molecule has 0 saturated heterocycles. The van der Waals surface area contributed by atoms with E-state index in [2.05, 4.69) is 0 Å². The highest BCUT2D eigenvalue weighted by Crippen LogP contribution is 2.24. The number of rotatable bonds is 6. The van der Waals surface area contributed by atoms with Crippen LogP contribution in [0.25, 0.3) is 0 Å². The van der Waals surface area contributed by atoms with Crippen LogP contribution in [0, 0.1) is 5.82 Å². The summed E-state index contributed by atoms with van der Waals surface area (Å²) >= 11 is 7.20. The summed E-state index contributed by atoms with van der Waals surface area (Å²) in [7, 11) is 0. The first kappa shape index (κ1) is 15.7. The molecule has 2 aromatic rings. The van der Waals surface area contributed by atoms with Gasteiger partial charge in [-0.2, -0.15) is 0 Å². The van der Waals surface area contributed by atoms with E-state index in [0.29, 0.717) is 18.1 Å². The molecule has 0 atom stereocenters. The lowest BCUT2D eigenvalue weighted by Gasteiger charge is -2.06. The highest BCUT2D eigenvalue weighted by atomic mass is 35.5. The van der Waals surface area contributed by atoms with E-state index in [1.54, 1.807) is 24.3 Å². The number of hydrogen-bond acceptors (Lipinski definition) is 3. The first-order valence-electron chi connectivity index (χ1n) is 6.10. The molecule has 0 radical (unpaired) electrons. The Bertz CT molecular complexity index is 631. The van der Waals surface area contributed by atoms with Gasteiger partial charge in [-0.15, -0.1) is 11.8 Å². The molecule has 0 aliphatic heterocycles. The van der Waals surface area contributed by atoms with Crippen molar-refractivity contribution in [1.29, 1.82) is 0 Å². The van der Waals surface area contributed by atoms with Gasteiger partial charge >= 0.3 is 5.97 Å². The normalized spacial score (nSPS) is 10.4. The van der Waals surface area contributed by atoms with Gasteiger partial charge in [-0.25, -0.2) is 9.18 Å². The summed E-state index contributed by atoms with van der Waals surface area (Å²) in [4.78, 5) is 11.6. The maximum absolute atomic E-state index is 13.0. The van der Waals surface area contributed by atoms with E-state index in [-0.39, 0.29) is 10.6 Å². The lowest BCUT2D eigenvalue weighted by atomic mass is 10.2. The zero-order valence-electron chi connectivity index (χ0n) is 10.9. The largest absolute Gasteiger partial charge is 0.493 e.